The molecule has 0 atom stereocenters. The number of methoxy groups -OCH3 is 1. The monoisotopic (exact) mass is 490 g/mol. The maximum Gasteiger partial charge on any atom is 0.305 e. The van der Waals surface area contributed by atoms with Crippen molar-refractivity contribution in [2.45, 2.75) is 32.1 Å². The molecule has 1 aromatic heterocycles. The summed E-state index contributed by atoms with van der Waals surface area (Å²) in [6.45, 7) is 4.47. The Morgan fingerprint density at radius 1 is 1.15 bits per heavy atom. The van der Waals surface area contributed by atoms with Gasteiger partial charge in [0.2, 0.25) is 5.95 Å². The standard InChI is InChI=1S/C18H30N6O2.HI/c1-19-17(20-9-6-4-3-5-8-16(25)26-2)23-12-14-24(15-13-23)18-21-10-7-11-22-18;/h7,10-11H,3-6,8-9,12-15H2,1-2H3,(H,19,20);1H. The lowest BCUT2D eigenvalue weighted by Crippen LogP contribution is -2.53. The molecule has 0 aliphatic carbocycles. The van der Waals surface area contributed by atoms with Gasteiger partial charge >= 0.3 is 5.97 Å². The quantitative estimate of drug-likeness (QED) is 0.196. The molecule has 2 heterocycles. The largest absolute Gasteiger partial charge is 0.469 e. The number of hydrogen-bond donors (Lipinski definition) is 1. The minimum Gasteiger partial charge on any atom is -0.469 e. The zero-order valence-electron chi connectivity index (χ0n) is 16.3. The van der Waals surface area contributed by atoms with Gasteiger partial charge in [-0.2, -0.15) is 0 Å². The Kier molecular flexibility index (Phi) is 11.7. The van der Waals surface area contributed by atoms with Crippen molar-refractivity contribution < 1.29 is 9.53 Å². The number of esters is 1. The van der Waals surface area contributed by atoms with Gasteiger partial charge in [0.25, 0.3) is 0 Å². The van der Waals surface area contributed by atoms with Crippen LogP contribution in [0.3, 0.4) is 0 Å². The maximum atomic E-state index is 11.1. The molecule has 1 fully saturated rings. The Hall–Kier alpha value is -1.65. The van der Waals surface area contributed by atoms with Crippen molar-refractivity contribution in [3.05, 3.63) is 18.5 Å². The smallest absolute Gasteiger partial charge is 0.305 e. The lowest BCUT2D eigenvalue weighted by atomic mass is 10.1. The second-order valence-corrected chi connectivity index (χ2v) is 6.24. The first-order valence-corrected chi connectivity index (χ1v) is 9.29. The normalized spacial score (nSPS) is 14.5. The van der Waals surface area contributed by atoms with Gasteiger partial charge in [0.15, 0.2) is 5.96 Å². The first-order chi connectivity index (χ1) is 12.7. The molecule has 1 saturated heterocycles. The van der Waals surface area contributed by atoms with Crippen LogP contribution in [0, 0.1) is 0 Å². The third kappa shape index (κ3) is 8.27. The van der Waals surface area contributed by atoms with Crippen molar-refractivity contribution in [2.24, 2.45) is 4.99 Å². The fraction of sp³-hybridized carbons (Fsp3) is 0.667. The first kappa shape index (κ1) is 23.4. The van der Waals surface area contributed by atoms with Crippen molar-refractivity contribution in [1.82, 2.24) is 20.2 Å². The number of aliphatic imine (C=N–C) groups is 1. The number of hydrogen-bond acceptors (Lipinski definition) is 6. The number of piperazine rings is 1. The van der Waals surface area contributed by atoms with Crippen molar-refractivity contribution in [1.29, 1.82) is 0 Å². The van der Waals surface area contributed by atoms with E-state index in [0.717, 1.165) is 70.3 Å². The number of anilines is 1. The molecule has 0 spiro atoms. The van der Waals surface area contributed by atoms with Crippen molar-refractivity contribution >= 4 is 41.9 Å². The Balaban J connectivity index is 0.00000364. The van der Waals surface area contributed by atoms with E-state index in [0.29, 0.717) is 6.42 Å². The van der Waals surface area contributed by atoms with E-state index in [2.05, 4.69) is 34.8 Å². The molecule has 0 amide bonds. The van der Waals surface area contributed by atoms with Crippen LogP contribution in [-0.4, -0.2) is 73.7 Å². The van der Waals surface area contributed by atoms with Gasteiger partial charge in [-0.05, 0) is 18.9 Å². The Labute approximate surface area is 178 Å². The number of rotatable bonds is 8. The number of guanidine groups is 1. The summed E-state index contributed by atoms with van der Waals surface area (Å²) < 4.78 is 4.64. The lowest BCUT2D eigenvalue weighted by molar-refractivity contribution is -0.140. The van der Waals surface area contributed by atoms with Crippen LogP contribution in [0.2, 0.25) is 0 Å². The van der Waals surface area contributed by atoms with Gasteiger partial charge in [-0.25, -0.2) is 9.97 Å². The first-order valence-electron chi connectivity index (χ1n) is 9.29. The molecular weight excluding hydrogens is 459 g/mol. The van der Waals surface area contributed by atoms with E-state index in [1.807, 2.05) is 13.1 Å². The van der Waals surface area contributed by atoms with Crippen LogP contribution in [0.15, 0.2) is 23.5 Å². The molecule has 152 valence electrons. The molecule has 1 aliphatic heterocycles. The lowest BCUT2D eigenvalue weighted by Gasteiger charge is -2.36. The molecule has 0 radical (unpaired) electrons. The Morgan fingerprint density at radius 2 is 1.81 bits per heavy atom. The second kappa shape index (κ2) is 13.5. The van der Waals surface area contributed by atoms with Gasteiger partial charge < -0.3 is 19.9 Å². The van der Waals surface area contributed by atoms with E-state index in [4.69, 9.17) is 0 Å². The molecule has 27 heavy (non-hydrogen) atoms. The van der Waals surface area contributed by atoms with Gasteiger partial charge in [-0.1, -0.05) is 12.8 Å². The van der Waals surface area contributed by atoms with Gasteiger partial charge in [-0.15, -0.1) is 24.0 Å². The molecule has 1 N–H and O–H groups in total. The van der Waals surface area contributed by atoms with E-state index in [1.54, 1.807) is 12.4 Å². The zero-order chi connectivity index (χ0) is 18.6. The summed E-state index contributed by atoms with van der Waals surface area (Å²) in [5.41, 5.74) is 0. The fourth-order valence-electron chi connectivity index (χ4n) is 2.96. The molecule has 9 heteroatoms. The average molecular weight is 490 g/mol. The van der Waals surface area contributed by atoms with Gasteiger partial charge in [-0.3, -0.25) is 9.79 Å². The van der Waals surface area contributed by atoms with Crippen molar-refractivity contribution in [2.75, 3.05) is 51.8 Å². The molecule has 8 nitrogen and oxygen atoms in total. The summed E-state index contributed by atoms with van der Waals surface area (Å²) in [5, 5.41) is 3.44. The third-order valence-corrected chi connectivity index (χ3v) is 4.44. The number of nitrogens with one attached hydrogen (secondary N) is 1. The van der Waals surface area contributed by atoms with Crippen LogP contribution in [-0.2, 0) is 9.53 Å². The van der Waals surface area contributed by atoms with Crippen LogP contribution in [0.4, 0.5) is 5.95 Å². The summed E-state index contributed by atoms with van der Waals surface area (Å²) in [7, 11) is 3.26. The van der Waals surface area contributed by atoms with Crippen LogP contribution in [0.5, 0.6) is 0 Å². The highest BCUT2D eigenvalue weighted by Crippen LogP contribution is 2.10. The number of ether oxygens (including phenoxy) is 1. The molecule has 0 aromatic carbocycles. The van der Waals surface area contributed by atoms with E-state index in [1.165, 1.54) is 7.11 Å². The number of nitrogens with zero attached hydrogens (tertiary/aromatic N) is 5. The van der Waals surface area contributed by atoms with E-state index in [9.17, 15) is 4.79 Å². The molecule has 1 aliphatic rings. The molecule has 0 bridgehead atoms. The summed E-state index contributed by atoms with van der Waals surface area (Å²) in [6.07, 6.45) is 8.18. The summed E-state index contributed by atoms with van der Waals surface area (Å²) in [5.74, 6) is 1.62. The minimum atomic E-state index is -0.122. The third-order valence-electron chi connectivity index (χ3n) is 4.44. The van der Waals surface area contributed by atoms with Gasteiger partial charge in [0.1, 0.15) is 0 Å². The predicted molar refractivity (Wildman–Crippen MR) is 118 cm³/mol. The number of aromatic nitrogens is 2. The topological polar surface area (TPSA) is 83.0 Å². The highest BCUT2D eigenvalue weighted by atomic mass is 127. The number of carbonyl (C=O) groups excluding carboxylic acids is 1. The van der Waals surface area contributed by atoms with E-state index in [-0.39, 0.29) is 29.9 Å². The van der Waals surface area contributed by atoms with Crippen LogP contribution >= 0.6 is 24.0 Å². The van der Waals surface area contributed by atoms with Gasteiger partial charge in [0.05, 0.1) is 7.11 Å². The number of unbranched alkanes of at least 4 members (excludes halogenated alkanes) is 3. The van der Waals surface area contributed by atoms with E-state index < -0.39 is 0 Å². The average Bonchev–Trinajstić information content (AvgIpc) is 2.71. The Morgan fingerprint density at radius 3 is 2.44 bits per heavy atom. The number of carbonyl (C=O) groups is 1. The second-order valence-electron chi connectivity index (χ2n) is 6.24. The molecule has 0 saturated carbocycles. The summed E-state index contributed by atoms with van der Waals surface area (Å²) in [6, 6.07) is 1.83. The van der Waals surface area contributed by atoms with Crippen LogP contribution < -0.4 is 10.2 Å². The van der Waals surface area contributed by atoms with Crippen LogP contribution in [0.25, 0.3) is 0 Å². The summed E-state index contributed by atoms with van der Waals surface area (Å²) >= 11 is 0. The molecular formula is C18H31IN6O2. The van der Waals surface area contributed by atoms with Crippen LogP contribution in [0.1, 0.15) is 32.1 Å². The zero-order valence-corrected chi connectivity index (χ0v) is 18.6. The molecule has 1 aromatic rings. The molecule has 2 rings (SSSR count). The fourth-order valence-corrected chi connectivity index (χ4v) is 2.96. The highest BCUT2D eigenvalue weighted by molar-refractivity contribution is 14.0. The number of halogens is 1. The minimum absolute atomic E-state index is 0. The van der Waals surface area contributed by atoms with E-state index >= 15 is 0 Å². The predicted octanol–water partition coefficient (Wildman–Crippen LogP) is 1.92. The summed E-state index contributed by atoms with van der Waals surface area (Å²) in [4.78, 5) is 28.6. The van der Waals surface area contributed by atoms with Crippen molar-refractivity contribution in [3.63, 3.8) is 0 Å². The maximum absolute atomic E-state index is 11.1. The molecule has 0 unspecified atom stereocenters. The SMILES string of the molecule is CN=C(NCCCCCCC(=O)OC)N1CCN(c2ncccn2)CC1.I. The Bertz CT molecular complexity index is 564. The van der Waals surface area contributed by atoms with Gasteiger partial charge in [0, 0.05) is 58.6 Å². The van der Waals surface area contributed by atoms with Crippen molar-refractivity contribution in [3.8, 4) is 0 Å². The highest BCUT2D eigenvalue weighted by Gasteiger charge is 2.20.